The first-order valence-corrected chi connectivity index (χ1v) is 4.89. The van der Waals surface area contributed by atoms with Crippen LogP contribution in [0.4, 0.5) is 4.39 Å². The van der Waals surface area contributed by atoms with E-state index in [0.717, 1.165) is 0 Å². The molecule has 0 heterocycles. The fourth-order valence-electron chi connectivity index (χ4n) is 1.34. The molecule has 0 atom stereocenters. The minimum Gasteiger partial charge on any atom is -0.505 e. The first-order chi connectivity index (χ1) is 7.52. The van der Waals surface area contributed by atoms with E-state index in [2.05, 4.69) is 5.32 Å². The van der Waals surface area contributed by atoms with Crippen molar-refractivity contribution in [3.63, 3.8) is 0 Å². The molecule has 88 valence electrons. The summed E-state index contributed by atoms with van der Waals surface area (Å²) in [5, 5.41) is 11.5. The van der Waals surface area contributed by atoms with Crippen LogP contribution in [-0.4, -0.2) is 36.6 Å². The van der Waals surface area contributed by atoms with Crippen molar-refractivity contribution in [2.24, 2.45) is 0 Å². The molecule has 0 aromatic heterocycles. The first kappa shape index (κ1) is 12.4. The third-order valence-electron chi connectivity index (χ3n) is 2.16. The smallest absolute Gasteiger partial charge is 0.233 e. The quantitative estimate of drug-likeness (QED) is 0.795. The molecule has 0 fully saturated rings. The van der Waals surface area contributed by atoms with E-state index >= 15 is 0 Å². The number of nitrogens with zero attached hydrogens (tertiary/aromatic N) is 1. The summed E-state index contributed by atoms with van der Waals surface area (Å²) in [5.41, 5.74) is 0.710. The van der Waals surface area contributed by atoms with E-state index in [1.807, 2.05) is 0 Å². The van der Waals surface area contributed by atoms with Gasteiger partial charge in [0.1, 0.15) is 0 Å². The lowest BCUT2D eigenvalue weighted by Crippen LogP contribution is -2.32. The lowest BCUT2D eigenvalue weighted by Gasteiger charge is -2.15. The van der Waals surface area contributed by atoms with Gasteiger partial charge in [-0.25, -0.2) is 4.39 Å². The van der Waals surface area contributed by atoms with Gasteiger partial charge >= 0.3 is 0 Å². The Balaban J connectivity index is 2.59. The Hall–Kier alpha value is -1.62. The largest absolute Gasteiger partial charge is 0.505 e. The Bertz CT molecular complexity index is 382. The number of hydrogen-bond donors (Lipinski definition) is 2. The van der Waals surface area contributed by atoms with Crippen molar-refractivity contribution < 1.29 is 14.3 Å². The molecular formula is C11H15FN2O2. The number of carbonyl (C=O) groups excluding carboxylic acids is 1. The van der Waals surface area contributed by atoms with Gasteiger partial charge in [-0.15, -0.1) is 0 Å². The maximum absolute atomic E-state index is 13.0. The number of hydrogen-bond acceptors (Lipinski definition) is 3. The van der Waals surface area contributed by atoms with Gasteiger partial charge in [0.25, 0.3) is 0 Å². The predicted octanol–water partition coefficient (Wildman–Crippen LogP) is 0.709. The van der Waals surface area contributed by atoms with Gasteiger partial charge in [-0.05, 0) is 24.7 Å². The van der Waals surface area contributed by atoms with Crippen molar-refractivity contribution in [2.75, 3.05) is 20.6 Å². The monoisotopic (exact) mass is 226 g/mol. The molecule has 0 unspecified atom stereocenters. The maximum atomic E-state index is 13.0. The Kier molecular flexibility index (Phi) is 4.25. The minimum absolute atomic E-state index is 0.0956. The Morgan fingerprint density at radius 2 is 2.25 bits per heavy atom. The molecule has 1 aromatic rings. The van der Waals surface area contributed by atoms with Crippen molar-refractivity contribution in [3.05, 3.63) is 29.6 Å². The van der Waals surface area contributed by atoms with Crippen LogP contribution in [0.1, 0.15) is 5.56 Å². The SMILES string of the molecule is CNC(=O)CN(C)Cc1ccc(O)c(F)c1. The second-order valence-electron chi connectivity index (χ2n) is 3.63. The van der Waals surface area contributed by atoms with Crippen molar-refractivity contribution in [1.29, 1.82) is 0 Å². The van der Waals surface area contributed by atoms with Crippen LogP contribution in [0.5, 0.6) is 5.75 Å². The number of rotatable bonds is 4. The van der Waals surface area contributed by atoms with Crippen molar-refractivity contribution in [3.8, 4) is 5.75 Å². The van der Waals surface area contributed by atoms with Gasteiger partial charge in [0.15, 0.2) is 11.6 Å². The summed E-state index contributed by atoms with van der Waals surface area (Å²) in [7, 11) is 3.33. The number of phenols is 1. The summed E-state index contributed by atoms with van der Waals surface area (Å²) in [6.07, 6.45) is 0. The molecule has 5 heteroatoms. The molecule has 1 rings (SSSR count). The van der Waals surface area contributed by atoms with E-state index in [1.165, 1.54) is 12.1 Å². The lowest BCUT2D eigenvalue weighted by molar-refractivity contribution is -0.121. The molecule has 1 aromatic carbocycles. The van der Waals surface area contributed by atoms with Gasteiger partial charge in [-0.1, -0.05) is 6.07 Å². The number of amides is 1. The summed E-state index contributed by atoms with van der Waals surface area (Å²) in [4.78, 5) is 12.8. The van der Waals surface area contributed by atoms with Gasteiger partial charge in [0, 0.05) is 13.6 Å². The molecule has 0 saturated carbocycles. The van der Waals surface area contributed by atoms with E-state index in [9.17, 15) is 9.18 Å². The first-order valence-electron chi connectivity index (χ1n) is 4.89. The third-order valence-corrected chi connectivity index (χ3v) is 2.16. The van der Waals surface area contributed by atoms with Crippen molar-refractivity contribution >= 4 is 5.91 Å². The molecule has 16 heavy (non-hydrogen) atoms. The number of benzene rings is 1. The second kappa shape index (κ2) is 5.46. The van der Waals surface area contributed by atoms with E-state index in [0.29, 0.717) is 12.1 Å². The average molecular weight is 226 g/mol. The number of phenolic OH excluding ortho intramolecular Hbond substituents is 1. The van der Waals surface area contributed by atoms with Gasteiger partial charge in [-0.2, -0.15) is 0 Å². The fraction of sp³-hybridized carbons (Fsp3) is 0.364. The number of carbonyl (C=O) groups is 1. The summed E-state index contributed by atoms with van der Waals surface area (Å²) in [5.74, 6) is -1.11. The number of nitrogens with one attached hydrogen (secondary N) is 1. The molecule has 0 spiro atoms. The Morgan fingerprint density at radius 1 is 1.56 bits per heavy atom. The molecule has 0 aliphatic heterocycles. The molecule has 4 nitrogen and oxygen atoms in total. The molecule has 0 aliphatic carbocycles. The van der Waals surface area contributed by atoms with Crippen LogP contribution in [0.25, 0.3) is 0 Å². The van der Waals surface area contributed by atoms with Crippen LogP contribution in [0.15, 0.2) is 18.2 Å². The zero-order valence-electron chi connectivity index (χ0n) is 9.33. The highest BCUT2D eigenvalue weighted by Crippen LogP contribution is 2.16. The van der Waals surface area contributed by atoms with E-state index in [1.54, 1.807) is 25.1 Å². The molecule has 1 amide bonds. The highest BCUT2D eigenvalue weighted by molar-refractivity contribution is 5.77. The van der Waals surface area contributed by atoms with E-state index < -0.39 is 5.82 Å². The lowest BCUT2D eigenvalue weighted by atomic mass is 10.2. The van der Waals surface area contributed by atoms with Crippen LogP contribution >= 0.6 is 0 Å². The highest BCUT2D eigenvalue weighted by atomic mass is 19.1. The highest BCUT2D eigenvalue weighted by Gasteiger charge is 2.07. The van der Waals surface area contributed by atoms with Crippen molar-refractivity contribution in [1.82, 2.24) is 10.2 Å². The molecule has 0 radical (unpaired) electrons. The Labute approximate surface area is 93.7 Å². The van der Waals surface area contributed by atoms with Crippen molar-refractivity contribution in [2.45, 2.75) is 6.54 Å². The Morgan fingerprint density at radius 3 is 2.81 bits per heavy atom. The number of halogens is 1. The molecule has 0 bridgehead atoms. The molecule has 0 aliphatic rings. The van der Waals surface area contributed by atoms with Crippen LogP contribution in [0, 0.1) is 5.82 Å². The van der Waals surface area contributed by atoms with Crippen LogP contribution in [0.3, 0.4) is 0 Å². The normalized spacial score (nSPS) is 10.5. The maximum Gasteiger partial charge on any atom is 0.233 e. The van der Waals surface area contributed by atoms with Gasteiger partial charge in [0.2, 0.25) is 5.91 Å². The van der Waals surface area contributed by atoms with Gasteiger partial charge in [0.05, 0.1) is 6.54 Å². The number of aromatic hydroxyl groups is 1. The van der Waals surface area contributed by atoms with Gasteiger partial charge in [-0.3, -0.25) is 9.69 Å². The standard InChI is InChI=1S/C11H15FN2O2/c1-13-11(16)7-14(2)6-8-3-4-10(15)9(12)5-8/h3-5,15H,6-7H2,1-2H3,(H,13,16). The topological polar surface area (TPSA) is 52.6 Å². The van der Waals surface area contributed by atoms with Crippen LogP contribution in [0.2, 0.25) is 0 Å². The summed E-state index contributed by atoms with van der Waals surface area (Å²) in [6, 6.07) is 4.19. The van der Waals surface area contributed by atoms with E-state index in [-0.39, 0.29) is 18.2 Å². The average Bonchev–Trinajstić information content (AvgIpc) is 2.23. The molecule has 2 N–H and O–H groups in total. The zero-order valence-corrected chi connectivity index (χ0v) is 9.33. The molecular weight excluding hydrogens is 211 g/mol. The third kappa shape index (κ3) is 3.51. The number of likely N-dealkylation sites (N-methyl/N-ethyl adjacent to an activating group) is 2. The van der Waals surface area contributed by atoms with Crippen LogP contribution < -0.4 is 5.32 Å². The summed E-state index contributed by atoms with van der Waals surface area (Å²) >= 11 is 0. The summed E-state index contributed by atoms with van der Waals surface area (Å²) in [6.45, 7) is 0.698. The molecule has 0 saturated heterocycles. The van der Waals surface area contributed by atoms with E-state index in [4.69, 9.17) is 5.11 Å². The van der Waals surface area contributed by atoms with Gasteiger partial charge < -0.3 is 10.4 Å². The summed E-state index contributed by atoms with van der Waals surface area (Å²) < 4.78 is 13.0. The predicted molar refractivity (Wildman–Crippen MR) is 58.5 cm³/mol. The zero-order chi connectivity index (χ0) is 12.1. The minimum atomic E-state index is -0.647. The second-order valence-corrected chi connectivity index (χ2v) is 3.63. The fourth-order valence-corrected chi connectivity index (χ4v) is 1.34. The van der Waals surface area contributed by atoms with Crippen LogP contribution in [-0.2, 0) is 11.3 Å².